The lowest BCUT2D eigenvalue weighted by Crippen LogP contribution is -2.32. The van der Waals surface area contributed by atoms with E-state index in [1.807, 2.05) is 10.8 Å². The van der Waals surface area contributed by atoms with E-state index >= 15 is 0 Å². The number of likely N-dealkylation sites (tertiary alicyclic amines) is 1. The largest absolute Gasteiger partial charge is 0.357 e. The Hall–Kier alpha value is -0.190. The third-order valence-corrected chi connectivity index (χ3v) is 6.56. The van der Waals surface area contributed by atoms with Crippen LogP contribution in [0.5, 0.6) is 0 Å². The number of hydrogen-bond donors (Lipinski definition) is 0. The van der Waals surface area contributed by atoms with Crippen molar-refractivity contribution in [2.75, 3.05) is 13.1 Å². The summed E-state index contributed by atoms with van der Waals surface area (Å²) in [6.07, 6.45) is 3.93. The van der Waals surface area contributed by atoms with Crippen LogP contribution in [0.2, 0.25) is 0 Å². The van der Waals surface area contributed by atoms with E-state index in [1.165, 1.54) is 35.3 Å². The molecule has 1 aromatic rings. The molecule has 98 valence electrons. The van der Waals surface area contributed by atoms with Crippen LogP contribution in [-0.2, 0) is 0 Å². The molecule has 0 N–H and O–H groups in total. The molecule has 0 amide bonds. The molecular weight excluding hydrogens is 278 g/mol. The summed E-state index contributed by atoms with van der Waals surface area (Å²) in [5.41, 5.74) is 2.68. The Morgan fingerprint density at radius 1 is 1.11 bits per heavy atom. The Balaban J connectivity index is 1.92. The third-order valence-electron chi connectivity index (χ3n) is 3.22. The minimum atomic E-state index is 1.04. The molecule has 1 aromatic carbocycles. The molecule has 1 aliphatic rings. The molecule has 0 saturated carbocycles. The van der Waals surface area contributed by atoms with Crippen LogP contribution in [0.25, 0.3) is 0 Å². The number of nitrogens with zero attached hydrogens (tertiary/aromatic N) is 1. The average Bonchev–Trinajstić information content (AvgIpc) is 2.39. The van der Waals surface area contributed by atoms with Crippen molar-refractivity contribution in [2.45, 2.75) is 38.0 Å². The van der Waals surface area contributed by atoms with E-state index in [1.54, 1.807) is 10.8 Å². The maximum absolute atomic E-state index is 5.53. The molecule has 4 heteroatoms. The van der Waals surface area contributed by atoms with Gasteiger partial charge in [0.1, 0.15) is 4.32 Å². The predicted octanol–water partition coefficient (Wildman–Crippen LogP) is 4.81. The first-order valence-electron chi connectivity index (χ1n) is 6.38. The summed E-state index contributed by atoms with van der Waals surface area (Å²) in [5, 5.41) is 0. The molecule has 1 fully saturated rings. The quantitative estimate of drug-likeness (QED) is 0.568. The van der Waals surface area contributed by atoms with Crippen LogP contribution in [0.3, 0.4) is 0 Å². The Labute approximate surface area is 123 Å². The summed E-state index contributed by atoms with van der Waals surface area (Å²) in [5.74, 6) is 0. The van der Waals surface area contributed by atoms with Crippen LogP contribution in [0.4, 0.5) is 0 Å². The van der Waals surface area contributed by atoms with Crippen LogP contribution in [0.15, 0.2) is 23.1 Å². The second-order valence-corrected chi connectivity index (χ2v) is 7.47. The maximum Gasteiger partial charge on any atom is 0.147 e. The highest BCUT2D eigenvalue weighted by Gasteiger charge is 2.15. The van der Waals surface area contributed by atoms with Gasteiger partial charge in [-0.15, -0.1) is 0 Å². The van der Waals surface area contributed by atoms with Gasteiger partial charge in [0.25, 0.3) is 0 Å². The molecule has 1 heterocycles. The Morgan fingerprint density at radius 3 is 2.33 bits per heavy atom. The number of aryl methyl sites for hydroxylation is 2. The molecule has 1 nitrogen and oxygen atoms in total. The molecular formula is C14H19NS3. The number of piperidine rings is 1. The van der Waals surface area contributed by atoms with Gasteiger partial charge < -0.3 is 4.90 Å². The first-order valence-corrected chi connectivity index (χ1v) is 8.94. The van der Waals surface area contributed by atoms with Gasteiger partial charge in [0, 0.05) is 18.0 Å². The monoisotopic (exact) mass is 297 g/mol. The van der Waals surface area contributed by atoms with Crippen LogP contribution in [-0.4, -0.2) is 22.3 Å². The van der Waals surface area contributed by atoms with Crippen LogP contribution >= 0.6 is 33.8 Å². The summed E-state index contributed by atoms with van der Waals surface area (Å²) in [7, 11) is 3.55. The average molecular weight is 298 g/mol. The fraction of sp³-hybridized carbons (Fsp3) is 0.500. The normalized spacial score (nSPS) is 15.8. The van der Waals surface area contributed by atoms with Gasteiger partial charge in [0.2, 0.25) is 0 Å². The maximum atomic E-state index is 5.53. The van der Waals surface area contributed by atoms with Crippen molar-refractivity contribution >= 4 is 38.1 Å². The van der Waals surface area contributed by atoms with Gasteiger partial charge in [0.05, 0.1) is 0 Å². The summed E-state index contributed by atoms with van der Waals surface area (Å²) in [6.45, 7) is 6.61. The molecule has 2 rings (SSSR count). The van der Waals surface area contributed by atoms with Crippen LogP contribution in [0, 0.1) is 13.8 Å². The summed E-state index contributed by atoms with van der Waals surface area (Å²) in [6, 6.07) is 6.45. The number of benzene rings is 1. The summed E-state index contributed by atoms with van der Waals surface area (Å²) >= 11 is 5.53. The lowest BCUT2D eigenvalue weighted by atomic mass is 10.1. The van der Waals surface area contributed by atoms with Gasteiger partial charge in [-0.25, -0.2) is 0 Å². The fourth-order valence-electron chi connectivity index (χ4n) is 2.14. The topological polar surface area (TPSA) is 3.24 Å². The molecule has 0 atom stereocenters. The molecule has 0 aliphatic carbocycles. The Bertz CT molecular complexity index is 405. The van der Waals surface area contributed by atoms with E-state index in [4.69, 9.17) is 12.2 Å². The Morgan fingerprint density at radius 2 is 1.72 bits per heavy atom. The second-order valence-electron chi connectivity index (χ2n) is 4.70. The molecule has 0 unspecified atom stereocenters. The minimum Gasteiger partial charge on any atom is -0.357 e. The van der Waals surface area contributed by atoms with Gasteiger partial charge >= 0.3 is 0 Å². The molecule has 0 radical (unpaired) electrons. The molecule has 0 spiro atoms. The molecule has 0 aromatic heterocycles. The van der Waals surface area contributed by atoms with Crippen LogP contribution in [0.1, 0.15) is 30.4 Å². The zero-order valence-electron chi connectivity index (χ0n) is 10.9. The van der Waals surface area contributed by atoms with E-state index in [-0.39, 0.29) is 0 Å². The lowest BCUT2D eigenvalue weighted by molar-refractivity contribution is 0.352. The highest BCUT2D eigenvalue weighted by molar-refractivity contribution is 8.83. The first-order chi connectivity index (χ1) is 8.68. The van der Waals surface area contributed by atoms with Gasteiger partial charge in [-0.2, -0.15) is 0 Å². The zero-order chi connectivity index (χ0) is 13.0. The first kappa shape index (κ1) is 14.2. The highest BCUT2D eigenvalue weighted by Crippen LogP contribution is 2.37. The van der Waals surface area contributed by atoms with E-state index in [0.29, 0.717) is 0 Å². The van der Waals surface area contributed by atoms with E-state index in [0.717, 1.165) is 17.4 Å². The van der Waals surface area contributed by atoms with Crippen LogP contribution < -0.4 is 0 Å². The van der Waals surface area contributed by atoms with Gasteiger partial charge in [-0.1, -0.05) is 30.4 Å². The summed E-state index contributed by atoms with van der Waals surface area (Å²) < 4.78 is 1.04. The number of rotatable bonds is 2. The summed E-state index contributed by atoms with van der Waals surface area (Å²) in [4.78, 5) is 3.71. The van der Waals surface area contributed by atoms with Crippen molar-refractivity contribution in [3.63, 3.8) is 0 Å². The van der Waals surface area contributed by atoms with Crippen molar-refractivity contribution < 1.29 is 0 Å². The predicted molar refractivity (Wildman–Crippen MR) is 87.4 cm³/mol. The fourth-order valence-corrected chi connectivity index (χ4v) is 5.04. The van der Waals surface area contributed by atoms with Crippen molar-refractivity contribution in [1.82, 2.24) is 4.90 Å². The van der Waals surface area contributed by atoms with E-state index in [9.17, 15) is 0 Å². The Kier molecular flexibility index (Phi) is 5.39. The molecule has 1 saturated heterocycles. The van der Waals surface area contributed by atoms with E-state index < -0.39 is 0 Å². The SMILES string of the molecule is Cc1cccc(C)c1SSC(=S)N1CCCCC1. The van der Waals surface area contributed by atoms with Gasteiger partial charge in [-0.05, 0) is 65.8 Å². The zero-order valence-corrected chi connectivity index (χ0v) is 13.4. The van der Waals surface area contributed by atoms with Crippen molar-refractivity contribution in [2.24, 2.45) is 0 Å². The smallest absolute Gasteiger partial charge is 0.147 e. The van der Waals surface area contributed by atoms with Crippen molar-refractivity contribution in [3.8, 4) is 0 Å². The standard InChI is InChI=1S/C14H19NS3/c1-11-7-6-8-12(2)13(11)17-18-14(16)15-9-4-3-5-10-15/h6-8H,3-5,9-10H2,1-2H3. The number of thiocarbonyl (C=S) groups is 1. The minimum absolute atomic E-state index is 1.04. The van der Waals surface area contributed by atoms with Crippen molar-refractivity contribution in [3.05, 3.63) is 29.3 Å². The molecule has 18 heavy (non-hydrogen) atoms. The lowest BCUT2D eigenvalue weighted by Gasteiger charge is -2.28. The van der Waals surface area contributed by atoms with Crippen molar-refractivity contribution in [1.29, 1.82) is 0 Å². The highest BCUT2D eigenvalue weighted by atomic mass is 33.1. The molecule has 0 bridgehead atoms. The van der Waals surface area contributed by atoms with Gasteiger partial charge in [-0.3, -0.25) is 0 Å². The second kappa shape index (κ2) is 6.83. The van der Waals surface area contributed by atoms with E-state index in [2.05, 4.69) is 36.9 Å². The van der Waals surface area contributed by atoms with Gasteiger partial charge in [0.15, 0.2) is 0 Å². The molecule has 1 aliphatic heterocycles. The number of hydrogen-bond acceptors (Lipinski definition) is 3. The third kappa shape index (κ3) is 3.65.